The minimum absolute atomic E-state index is 0.306. The van der Waals surface area contributed by atoms with Gasteiger partial charge >= 0.3 is 0 Å². The molecule has 1 aromatic rings. The van der Waals surface area contributed by atoms with Crippen molar-refractivity contribution < 1.29 is 9.47 Å². The van der Waals surface area contributed by atoms with E-state index in [0.717, 1.165) is 43.0 Å². The molecule has 1 fully saturated rings. The van der Waals surface area contributed by atoms with Gasteiger partial charge in [0.05, 0.1) is 24.3 Å². The summed E-state index contributed by atoms with van der Waals surface area (Å²) in [5.41, 5.74) is 1.29. The Morgan fingerprint density at radius 2 is 2.25 bits per heavy atom. The Labute approximate surface area is 129 Å². The third-order valence-electron chi connectivity index (χ3n) is 3.41. The minimum Gasteiger partial charge on any atom is -0.496 e. The molecule has 20 heavy (non-hydrogen) atoms. The molecule has 0 radical (unpaired) electrons. The van der Waals surface area contributed by atoms with Crippen molar-refractivity contribution in [1.29, 1.82) is 0 Å². The van der Waals surface area contributed by atoms with Gasteiger partial charge < -0.3 is 14.4 Å². The van der Waals surface area contributed by atoms with E-state index in [4.69, 9.17) is 9.47 Å². The summed E-state index contributed by atoms with van der Waals surface area (Å²) in [5.74, 6) is 0.876. The summed E-state index contributed by atoms with van der Waals surface area (Å²) in [4.78, 5) is 4.63. The van der Waals surface area contributed by atoms with Crippen LogP contribution < -0.4 is 4.74 Å². The van der Waals surface area contributed by atoms with E-state index in [2.05, 4.69) is 52.0 Å². The van der Waals surface area contributed by atoms with Gasteiger partial charge in [0.1, 0.15) is 5.75 Å². The number of halogens is 1. The van der Waals surface area contributed by atoms with E-state index >= 15 is 0 Å². The third kappa shape index (κ3) is 4.45. The molecule has 0 bridgehead atoms. The van der Waals surface area contributed by atoms with Gasteiger partial charge in [-0.15, -0.1) is 0 Å². The fourth-order valence-corrected chi connectivity index (χ4v) is 3.10. The Morgan fingerprint density at radius 1 is 1.45 bits per heavy atom. The van der Waals surface area contributed by atoms with Crippen molar-refractivity contribution in [3.05, 3.63) is 28.2 Å². The largest absolute Gasteiger partial charge is 0.496 e. The first-order valence-corrected chi connectivity index (χ1v) is 7.69. The fraction of sp³-hybridized carbons (Fsp3) is 0.600. The first-order chi connectivity index (χ1) is 9.58. The molecule has 0 saturated carbocycles. The molecule has 1 atom stereocenters. The first-order valence-electron chi connectivity index (χ1n) is 6.89. The van der Waals surface area contributed by atoms with E-state index in [1.165, 1.54) is 5.56 Å². The molecular formula is C15H23BrN2O2. The van der Waals surface area contributed by atoms with Gasteiger partial charge in [-0.1, -0.05) is 6.07 Å². The molecule has 2 rings (SSSR count). The van der Waals surface area contributed by atoms with Crippen molar-refractivity contribution in [2.24, 2.45) is 0 Å². The van der Waals surface area contributed by atoms with E-state index in [9.17, 15) is 0 Å². The van der Waals surface area contributed by atoms with Crippen LogP contribution in [0, 0.1) is 0 Å². The summed E-state index contributed by atoms with van der Waals surface area (Å²) < 4.78 is 12.1. The van der Waals surface area contributed by atoms with Crippen LogP contribution in [0.4, 0.5) is 0 Å². The van der Waals surface area contributed by atoms with E-state index in [0.29, 0.717) is 6.10 Å². The van der Waals surface area contributed by atoms with Crippen molar-refractivity contribution in [3.63, 3.8) is 0 Å². The Hall–Kier alpha value is -0.620. The van der Waals surface area contributed by atoms with Crippen LogP contribution in [-0.2, 0) is 11.3 Å². The molecule has 1 saturated heterocycles. The smallest absolute Gasteiger partial charge is 0.133 e. The van der Waals surface area contributed by atoms with Gasteiger partial charge in [0, 0.05) is 26.2 Å². The number of nitrogens with zero attached hydrogens (tertiary/aromatic N) is 2. The average Bonchev–Trinajstić information content (AvgIpc) is 2.38. The quantitative estimate of drug-likeness (QED) is 0.819. The van der Waals surface area contributed by atoms with Gasteiger partial charge in [-0.3, -0.25) is 4.90 Å². The maximum absolute atomic E-state index is 5.80. The van der Waals surface area contributed by atoms with Gasteiger partial charge in [-0.05, 0) is 47.7 Å². The molecule has 1 aliphatic rings. The summed E-state index contributed by atoms with van der Waals surface area (Å²) >= 11 is 3.54. The predicted molar refractivity (Wildman–Crippen MR) is 84.3 cm³/mol. The fourth-order valence-electron chi connectivity index (χ4n) is 2.51. The van der Waals surface area contributed by atoms with Crippen molar-refractivity contribution in [3.8, 4) is 5.75 Å². The van der Waals surface area contributed by atoms with Gasteiger partial charge in [0.25, 0.3) is 0 Å². The van der Waals surface area contributed by atoms with Crippen LogP contribution in [0.3, 0.4) is 0 Å². The number of morpholine rings is 1. The number of rotatable bonds is 5. The first kappa shape index (κ1) is 15.8. The molecule has 0 aliphatic carbocycles. The van der Waals surface area contributed by atoms with E-state index < -0.39 is 0 Å². The van der Waals surface area contributed by atoms with Crippen LogP contribution in [0.2, 0.25) is 0 Å². The molecular weight excluding hydrogens is 320 g/mol. The van der Waals surface area contributed by atoms with Crippen LogP contribution in [0.1, 0.15) is 5.56 Å². The Balaban J connectivity index is 1.93. The molecule has 1 aliphatic heterocycles. The van der Waals surface area contributed by atoms with Crippen molar-refractivity contribution in [1.82, 2.24) is 9.80 Å². The van der Waals surface area contributed by atoms with E-state index in [1.54, 1.807) is 7.11 Å². The van der Waals surface area contributed by atoms with Crippen LogP contribution in [-0.4, -0.2) is 63.4 Å². The number of hydrogen-bond acceptors (Lipinski definition) is 4. The highest BCUT2D eigenvalue weighted by Crippen LogP contribution is 2.26. The number of likely N-dealkylation sites (N-methyl/N-ethyl adjacent to an activating group) is 1. The van der Waals surface area contributed by atoms with E-state index in [-0.39, 0.29) is 0 Å². The van der Waals surface area contributed by atoms with Gasteiger partial charge in [0.2, 0.25) is 0 Å². The molecule has 1 heterocycles. The molecule has 0 aromatic heterocycles. The Bertz CT molecular complexity index is 440. The lowest BCUT2D eigenvalue weighted by Gasteiger charge is -2.34. The molecule has 4 nitrogen and oxygen atoms in total. The van der Waals surface area contributed by atoms with Crippen molar-refractivity contribution in [2.45, 2.75) is 12.6 Å². The second-order valence-electron chi connectivity index (χ2n) is 5.46. The Kier molecular flexibility index (Phi) is 5.84. The zero-order valence-corrected chi connectivity index (χ0v) is 14.0. The Morgan fingerprint density at radius 3 is 2.90 bits per heavy atom. The van der Waals surface area contributed by atoms with Gasteiger partial charge in [-0.25, -0.2) is 0 Å². The summed E-state index contributed by atoms with van der Waals surface area (Å²) in [6, 6.07) is 6.27. The zero-order chi connectivity index (χ0) is 14.5. The molecule has 1 unspecified atom stereocenters. The molecule has 112 valence electrons. The minimum atomic E-state index is 0.306. The lowest BCUT2D eigenvalue weighted by atomic mass is 10.1. The monoisotopic (exact) mass is 342 g/mol. The average molecular weight is 343 g/mol. The lowest BCUT2D eigenvalue weighted by Crippen LogP contribution is -2.45. The summed E-state index contributed by atoms with van der Waals surface area (Å²) in [7, 11) is 5.86. The summed E-state index contributed by atoms with van der Waals surface area (Å²) in [6.45, 7) is 4.73. The second-order valence-corrected chi connectivity index (χ2v) is 6.31. The second kappa shape index (κ2) is 7.41. The SMILES string of the molecule is COc1ccc(CN2CCOC(CN(C)C)C2)cc1Br. The third-order valence-corrected chi connectivity index (χ3v) is 4.03. The number of hydrogen-bond donors (Lipinski definition) is 0. The maximum Gasteiger partial charge on any atom is 0.133 e. The van der Waals surface area contributed by atoms with Crippen LogP contribution >= 0.6 is 15.9 Å². The van der Waals surface area contributed by atoms with Gasteiger partial charge in [0.15, 0.2) is 0 Å². The van der Waals surface area contributed by atoms with Crippen LogP contribution in [0.25, 0.3) is 0 Å². The number of benzene rings is 1. The molecule has 1 aromatic carbocycles. The highest BCUT2D eigenvalue weighted by molar-refractivity contribution is 9.10. The van der Waals surface area contributed by atoms with Crippen LogP contribution in [0.5, 0.6) is 5.75 Å². The molecule has 5 heteroatoms. The molecule has 0 N–H and O–H groups in total. The van der Waals surface area contributed by atoms with Crippen molar-refractivity contribution >= 4 is 15.9 Å². The topological polar surface area (TPSA) is 24.9 Å². The van der Waals surface area contributed by atoms with Gasteiger partial charge in [-0.2, -0.15) is 0 Å². The lowest BCUT2D eigenvalue weighted by molar-refractivity contribution is -0.0406. The normalized spacial score (nSPS) is 20.4. The molecule has 0 amide bonds. The highest BCUT2D eigenvalue weighted by atomic mass is 79.9. The highest BCUT2D eigenvalue weighted by Gasteiger charge is 2.21. The summed E-state index contributed by atoms with van der Waals surface area (Å²) in [6.07, 6.45) is 0.306. The van der Waals surface area contributed by atoms with Crippen molar-refractivity contribution in [2.75, 3.05) is 47.4 Å². The zero-order valence-electron chi connectivity index (χ0n) is 12.4. The summed E-state index contributed by atoms with van der Waals surface area (Å²) in [5, 5.41) is 0. The predicted octanol–water partition coefficient (Wildman–Crippen LogP) is 2.22. The number of ether oxygens (including phenoxy) is 2. The number of methoxy groups -OCH3 is 1. The van der Waals surface area contributed by atoms with Crippen LogP contribution in [0.15, 0.2) is 22.7 Å². The van der Waals surface area contributed by atoms with E-state index in [1.807, 2.05) is 6.07 Å². The maximum atomic E-state index is 5.80. The molecule has 0 spiro atoms. The standard InChI is InChI=1S/C15H23BrN2O2/c1-17(2)10-13-11-18(6-7-20-13)9-12-4-5-15(19-3)14(16)8-12/h4-5,8,13H,6-7,9-11H2,1-3H3.